The third-order valence-electron chi connectivity index (χ3n) is 1.62. The van der Waals surface area contributed by atoms with Crippen LogP contribution in [0.4, 0.5) is 0 Å². The number of hydrogen-bond donors (Lipinski definition) is 0. The lowest BCUT2D eigenvalue weighted by atomic mass is 10.2. The van der Waals surface area contributed by atoms with Crippen LogP contribution in [0.25, 0.3) is 0 Å². The minimum atomic E-state index is -1.05. The molecule has 0 saturated heterocycles. The maximum Gasteiger partial charge on any atom is 0.0963 e. The minimum absolute atomic E-state index is 0.0325. The van der Waals surface area contributed by atoms with Crippen molar-refractivity contribution in [3.05, 3.63) is 29.8 Å². The van der Waals surface area contributed by atoms with Crippen molar-refractivity contribution in [3.8, 4) is 0 Å². The van der Waals surface area contributed by atoms with Crippen molar-refractivity contribution in [2.75, 3.05) is 13.0 Å². The molecule has 3 nitrogen and oxygen atoms in total. The van der Waals surface area contributed by atoms with Crippen LogP contribution in [0.1, 0.15) is 5.56 Å². The molecule has 1 rings (SSSR count). The fraction of sp³-hybridized carbons (Fsp3) is 0.300. The Hall–Kier alpha value is -1.00. The first-order valence-electron chi connectivity index (χ1n) is 4.13. The molecule has 0 aliphatic heterocycles. The largest absolute Gasteiger partial charge is 0.550 e. The molecule has 0 aliphatic rings. The van der Waals surface area contributed by atoms with E-state index in [1.54, 1.807) is 31.0 Å². The highest BCUT2D eigenvalue weighted by molar-refractivity contribution is 7.99. The first kappa shape index (κ1) is 11.1. The molecular weight excluding hydrogens is 200 g/mol. The van der Waals surface area contributed by atoms with E-state index in [1.165, 1.54) is 0 Å². The Kier molecular flexibility index (Phi) is 4.49. The van der Waals surface area contributed by atoms with Crippen molar-refractivity contribution in [3.63, 3.8) is 0 Å². The molecule has 0 heterocycles. The van der Waals surface area contributed by atoms with Crippen LogP contribution < -0.4 is 5.11 Å². The molecule has 0 spiro atoms. The summed E-state index contributed by atoms with van der Waals surface area (Å²) in [5.74, 6) is -0.456. The number of aliphatic carboxylic acids is 1. The molecular formula is C10H11O3S-. The summed E-state index contributed by atoms with van der Waals surface area (Å²) in [5, 5.41) is 10.3. The second-order valence-electron chi connectivity index (χ2n) is 2.74. The van der Waals surface area contributed by atoms with Gasteiger partial charge in [-0.1, -0.05) is 23.9 Å². The number of benzene rings is 1. The molecule has 1 aromatic rings. The third kappa shape index (κ3) is 3.81. The van der Waals surface area contributed by atoms with Crippen LogP contribution in [-0.4, -0.2) is 19.0 Å². The molecule has 0 amide bonds. The van der Waals surface area contributed by atoms with E-state index in [0.29, 0.717) is 5.94 Å². The van der Waals surface area contributed by atoms with E-state index in [2.05, 4.69) is 0 Å². The third-order valence-corrected chi connectivity index (χ3v) is 2.57. The molecule has 1 aromatic carbocycles. The van der Waals surface area contributed by atoms with Gasteiger partial charge < -0.3 is 14.6 Å². The Morgan fingerprint density at radius 2 is 2.07 bits per heavy atom. The highest BCUT2D eigenvalue weighted by Gasteiger charge is 1.95. The van der Waals surface area contributed by atoms with Crippen molar-refractivity contribution in [1.29, 1.82) is 0 Å². The average molecular weight is 211 g/mol. The lowest BCUT2D eigenvalue weighted by Gasteiger charge is -2.04. The quantitative estimate of drug-likeness (QED) is 0.530. The molecule has 0 bridgehead atoms. The standard InChI is InChI=1S/C10H12O3S/c1-13-7-14-9-4-2-8(3-5-9)6-10(11)12/h2-5H,6-7H2,1H3,(H,11,12)/p-1. The smallest absolute Gasteiger partial charge is 0.0963 e. The topological polar surface area (TPSA) is 49.4 Å². The summed E-state index contributed by atoms with van der Waals surface area (Å²) in [6.07, 6.45) is -0.0325. The van der Waals surface area contributed by atoms with Crippen LogP contribution in [0.3, 0.4) is 0 Å². The van der Waals surface area contributed by atoms with Gasteiger partial charge in [-0.15, -0.1) is 0 Å². The number of thioether (sulfide) groups is 1. The summed E-state index contributed by atoms with van der Waals surface area (Å²) in [7, 11) is 1.64. The number of hydrogen-bond acceptors (Lipinski definition) is 4. The number of carboxylic acid groups (broad SMARTS) is 1. The van der Waals surface area contributed by atoms with Crippen molar-refractivity contribution in [2.24, 2.45) is 0 Å². The fourth-order valence-electron chi connectivity index (χ4n) is 0.997. The molecule has 0 atom stereocenters. The molecule has 76 valence electrons. The highest BCUT2D eigenvalue weighted by Crippen LogP contribution is 2.18. The van der Waals surface area contributed by atoms with Crippen LogP contribution >= 0.6 is 11.8 Å². The lowest BCUT2D eigenvalue weighted by Crippen LogP contribution is -2.24. The maximum absolute atomic E-state index is 10.3. The second-order valence-corrected chi connectivity index (χ2v) is 3.74. The summed E-state index contributed by atoms with van der Waals surface area (Å²) < 4.78 is 4.90. The molecule has 0 aliphatic carbocycles. The zero-order valence-corrected chi connectivity index (χ0v) is 8.67. The predicted molar refractivity (Wildman–Crippen MR) is 52.9 cm³/mol. The highest BCUT2D eigenvalue weighted by atomic mass is 32.2. The van der Waals surface area contributed by atoms with E-state index < -0.39 is 5.97 Å². The molecule has 4 heteroatoms. The van der Waals surface area contributed by atoms with Crippen molar-refractivity contribution in [1.82, 2.24) is 0 Å². The second kappa shape index (κ2) is 5.67. The van der Waals surface area contributed by atoms with Gasteiger partial charge in [-0.2, -0.15) is 0 Å². The van der Waals surface area contributed by atoms with Gasteiger partial charge in [0, 0.05) is 24.4 Å². The Bertz CT molecular complexity index is 295. The van der Waals surface area contributed by atoms with Gasteiger partial charge >= 0.3 is 0 Å². The summed E-state index contributed by atoms with van der Waals surface area (Å²) in [5.41, 5.74) is 0.756. The van der Waals surface area contributed by atoms with Gasteiger partial charge in [0.05, 0.1) is 5.94 Å². The van der Waals surface area contributed by atoms with Crippen LogP contribution in [0, 0.1) is 0 Å². The first-order chi connectivity index (χ1) is 6.72. The summed E-state index contributed by atoms with van der Waals surface area (Å²) in [6.45, 7) is 0. The van der Waals surface area contributed by atoms with E-state index in [9.17, 15) is 9.90 Å². The van der Waals surface area contributed by atoms with E-state index >= 15 is 0 Å². The van der Waals surface area contributed by atoms with Gasteiger partial charge in [-0.25, -0.2) is 0 Å². The minimum Gasteiger partial charge on any atom is -0.550 e. The van der Waals surface area contributed by atoms with E-state index in [0.717, 1.165) is 10.5 Å². The van der Waals surface area contributed by atoms with E-state index in [4.69, 9.17) is 4.74 Å². The number of carbonyl (C=O) groups is 1. The van der Waals surface area contributed by atoms with E-state index in [-0.39, 0.29) is 6.42 Å². The zero-order chi connectivity index (χ0) is 10.4. The Balaban J connectivity index is 2.54. The number of rotatable bonds is 5. The van der Waals surface area contributed by atoms with Gasteiger partial charge in [-0.3, -0.25) is 0 Å². The average Bonchev–Trinajstić information content (AvgIpc) is 2.16. The Labute approximate surface area is 87.1 Å². The molecule has 0 fully saturated rings. The van der Waals surface area contributed by atoms with Gasteiger partial charge in [0.15, 0.2) is 0 Å². The van der Waals surface area contributed by atoms with Crippen LogP contribution in [-0.2, 0) is 16.0 Å². The number of carboxylic acids is 1. The Morgan fingerprint density at radius 3 is 2.57 bits per heavy atom. The zero-order valence-electron chi connectivity index (χ0n) is 7.86. The van der Waals surface area contributed by atoms with Crippen LogP contribution in [0.2, 0.25) is 0 Å². The molecule has 0 N–H and O–H groups in total. The van der Waals surface area contributed by atoms with Crippen LogP contribution in [0.15, 0.2) is 29.2 Å². The van der Waals surface area contributed by atoms with Gasteiger partial charge in [0.1, 0.15) is 0 Å². The van der Waals surface area contributed by atoms with Gasteiger partial charge in [0.2, 0.25) is 0 Å². The van der Waals surface area contributed by atoms with Gasteiger partial charge in [0.25, 0.3) is 0 Å². The summed E-state index contributed by atoms with van der Waals surface area (Å²) >= 11 is 1.56. The predicted octanol–water partition coefficient (Wildman–Crippen LogP) is 0.675. The fourth-order valence-corrected chi connectivity index (χ4v) is 1.58. The normalized spacial score (nSPS) is 10.1. The van der Waals surface area contributed by atoms with Crippen LogP contribution in [0.5, 0.6) is 0 Å². The maximum atomic E-state index is 10.3. The molecule has 0 saturated carbocycles. The lowest BCUT2D eigenvalue weighted by molar-refractivity contribution is -0.304. The first-order valence-corrected chi connectivity index (χ1v) is 5.11. The number of carbonyl (C=O) groups excluding carboxylic acids is 1. The number of methoxy groups -OCH3 is 1. The summed E-state index contributed by atoms with van der Waals surface area (Å²) in [6, 6.07) is 7.32. The molecule has 0 aromatic heterocycles. The SMILES string of the molecule is COCSc1ccc(CC(=O)[O-])cc1. The van der Waals surface area contributed by atoms with Gasteiger partial charge in [-0.05, 0) is 17.7 Å². The molecule has 0 unspecified atom stereocenters. The molecule has 14 heavy (non-hydrogen) atoms. The van der Waals surface area contributed by atoms with Crippen molar-refractivity contribution in [2.45, 2.75) is 11.3 Å². The Morgan fingerprint density at radius 1 is 1.43 bits per heavy atom. The number of ether oxygens (including phenoxy) is 1. The van der Waals surface area contributed by atoms with Crippen molar-refractivity contribution >= 4 is 17.7 Å². The molecule has 0 radical (unpaired) electrons. The van der Waals surface area contributed by atoms with E-state index in [1.807, 2.05) is 12.1 Å². The summed E-state index contributed by atoms with van der Waals surface area (Å²) in [4.78, 5) is 11.4. The monoisotopic (exact) mass is 211 g/mol. The van der Waals surface area contributed by atoms with Crippen molar-refractivity contribution < 1.29 is 14.6 Å².